The van der Waals surface area contributed by atoms with Gasteiger partial charge < -0.3 is 0 Å². The van der Waals surface area contributed by atoms with Crippen LogP contribution in [0.4, 0.5) is 0 Å². The Morgan fingerprint density at radius 2 is 1.46 bits per heavy atom. The van der Waals surface area contributed by atoms with Crippen molar-refractivity contribution in [3.63, 3.8) is 0 Å². The third-order valence-electron chi connectivity index (χ3n) is 5.16. The molecular formula is C21H20O2Si. The maximum Gasteiger partial charge on any atom is 0.171 e. The van der Waals surface area contributed by atoms with E-state index in [1.807, 2.05) is 48.6 Å². The molecule has 0 heterocycles. The summed E-state index contributed by atoms with van der Waals surface area (Å²) in [6.07, 6.45) is 5.95. The highest BCUT2D eigenvalue weighted by atomic mass is 28.3. The minimum atomic E-state index is -1.67. The zero-order chi connectivity index (χ0) is 17.1. The number of carbonyl (C=O) groups is 2. The van der Waals surface area contributed by atoms with Crippen molar-refractivity contribution in [2.45, 2.75) is 19.6 Å². The number of ketones is 2. The molecule has 120 valence electrons. The Labute approximate surface area is 142 Å². The molecule has 3 heteroatoms. The molecule has 0 N–H and O–H groups in total. The van der Waals surface area contributed by atoms with Gasteiger partial charge in [-0.05, 0) is 22.9 Å². The van der Waals surface area contributed by atoms with E-state index < -0.39 is 8.07 Å². The lowest BCUT2D eigenvalue weighted by Crippen LogP contribution is -2.43. The monoisotopic (exact) mass is 332 g/mol. The van der Waals surface area contributed by atoms with Crippen molar-refractivity contribution in [3.8, 4) is 0 Å². The largest absolute Gasteiger partial charge is 0.293 e. The summed E-state index contributed by atoms with van der Waals surface area (Å²) in [5.41, 5.74) is 1.18. The van der Waals surface area contributed by atoms with Crippen molar-refractivity contribution in [2.24, 2.45) is 11.8 Å². The fourth-order valence-electron chi connectivity index (χ4n) is 3.94. The molecule has 0 radical (unpaired) electrons. The van der Waals surface area contributed by atoms with Crippen molar-refractivity contribution in [1.29, 1.82) is 0 Å². The first-order chi connectivity index (χ1) is 11.4. The molecule has 2 aliphatic rings. The first-order valence-electron chi connectivity index (χ1n) is 8.38. The van der Waals surface area contributed by atoms with Gasteiger partial charge in [0.25, 0.3) is 0 Å². The van der Waals surface area contributed by atoms with Crippen molar-refractivity contribution in [3.05, 3.63) is 70.9 Å². The fraction of sp³-hybridized carbons (Fsp3) is 0.238. The average molecular weight is 332 g/mol. The van der Waals surface area contributed by atoms with E-state index in [1.165, 1.54) is 5.20 Å². The van der Waals surface area contributed by atoms with Gasteiger partial charge in [0.2, 0.25) is 0 Å². The van der Waals surface area contributed by atoms with Gasteiger partial charge >= 0.3 is 0 Å². The van der Waals surface area contributed by atoms with E-state index in [0.717, 1.165) is 10.8 Å². The van der Waals surface area contributed by atoms with Crippen LogP contribution in [0.1, 0.15) is 20.7 Å². The highest BCUT2D eigenvalue weighted by Crippen LogP contribution is 2.41. The molecule has 2 aliphatic carbocycles. The van der Waals surface area contributed by atoms with Crippen LogP contribution in [0.5, 0.6) is 0 Å². The van der Waals surface area contributed by atoms with Gasteiger partial charge in [-0.2, -0.15) is 0 Å². The van der Waals surface area contributed by atoms with Crippen LogP contribution in [0, 0.1) is 11.8 Å². The highest BCUT2D eigenvalue weighted by Gasteiger charge is 2.45. The van der Waals surface area contributed by atoms with Crippen LogP contribution in [-0.4, -0.2) is 19.6 Å². The molecule has 2 aromatic rings. The minimum Gasteiger partial charge on any atom is -0.293 e. The van der Waals surface area contributed by atoms with E-state index in [1.54, 1.807) is 0 Å². The number of allylic oxidation sites excluding steroid dienone is 4. The van der Waals surface area contributed by atoms with Crippen molar-refractivity contribution >= 4 is 30.4 Å². The molecule has 2 aromatic carbocycles. The second-order valence-corrected chi connectivity index (χ2v) is 12.8. The normalized spacial score (nSPS) is 23.0. The lowest BCUT2D eigenvalue weighted by molar-refractivity contribution is 0.0798. The molecule has 0 spiro atoms. The van der Waals surface area contributed by atoms with E-state index in [4.69, 9.17) is 0 Å². The average Bonchev–Trinajstić information content (AvgIpc) is 2.57. The van der Waals surface area contributed by atoms with Crippen LogP contribution in [0.3, 0.4) is 0 Å². The lowest BCUT2D eigenvalue weighted by atomic mass is 9.71. The second-order valence-electron chi connectivity index (χ2n) is 7.73. The lowest BCUT2D eigenvalue weighted by Gasteiger charge is -2.37. The standard InChI is InChI=1S/C21H20O2Si/c1-24(2,3)18-10-6-9-15-19(18)21(23)17-12-14-8-5-4-7-13(14)11-16(17)20(15)22/h4-12,15,19H,1-3H3. The summed E-state index contributed by atoms with van der Waals surface area (Å²) in [5, 5.41) is 3.21. The van der Waals surface area contributed by atoms with Crippen molar-refractivity contribution < 1.29 is 9.59 Å². The van der Waals surface area contributed by atoms with Gasteiger partial charge in [-0.1, -0.05) is 67.3 Å². The maximum atomic E-state index is 13.3. The molecule has 2 nitrogen and oxygen atoms in total. The predicted octanol–water partition coefficient (Wildman–Crippen LogP) is 4.82. The predicted molar refractivity (Wildman–Crippen MR) is 100 cm³/mol. The molecular weight excluding hydrogens is 312 g/mol. The van der Waals surface area contributed by atoms with Crippen LogP contribution in [0.15, 0.2) is 59.8 Å². The molecule has 0 fully saturated rings. The zero-order valence-corrected chi connectivity index (χ0v) is 15.2. The van der Waals surface area contributed by atoms with Gasteiger partial charge in [0.15, 0.2) is 11.6 Å². The Balaban J connectivity index is 1.94. The van der Waals surface area contributed by atoms with Gasteiger partial charge in [0, 0.05) is 11.1 Å². The molecule has 2 atom stereocenters. The number of hydrogen-bond acceptors (Lipinski definition) is 2. The van der Waals surface area contributed by atoms with Crippen LogP contribution in [-0.2, 0) is 0 Å². The quantitative estimate of drug-likeness (QED) is 0.701. The Morgan fingerprint density at radius 1 is 0.875 bits per heavy atom. The SMILES string of the molecule is C[Si](C)(C)C1=CC=CC2C(=O)c3cc4ccccc4cc3C(=O)C12. The Morgan fingerprint density at radius 3 is 2.04 bits per heavy atom. The van der Waals surface area contributed by atoms with E-state index in [9.17, 15) is 9.59 Å². The number of benzene rings is 2. The summed E-state index contributed by atoms with van der Waals surface area (Å²) in [7, 11) is -1.67. The first kappa shape index (κ1) is 15.3. The molecule has 0 amide bonds. The summed E-state index contributed by atoms with van der Waals surface area (Å²) in [5.74, 6) is -0.445. The van der Waals surface area contributed by atoms with E-state index in [2.05, 4.69) is 25.7 Å². The summed E-state index contributed by atoms with van der Waals surface area (Å²) in [6.45, 7) is 6.72. The molecule has 0 saturated carbocycles. The molecule has 0 aliphatic heterocycles. The molecule has 0 saturated heterocycles. The zero-order valence-electron chi connectivity index (χ0n) is 14.2. The topological polar surface area (TPSA) is 34.1 Å². The Kier molecular flexibility index (Phi) is 3.26. The van der Waals surface area contributed by atoms with Crippen LogP contribution >= 0.6 is 0 Å². The molecule has 0 bridgehead atoms. The summed E-state index contributed by atoms with van der Waals surface area (Å²) < 4.78 is 0. The van der Waals surface area contributed by atoms with Gasteiger partial charge in [-0.25, -0.2) is 0 Å². The number of rotatable bonds is 1. The van der Waals surface area contributed by atoms with E-state index >= 15 is 0 Å². The third kappa shape index (κ3) is 2.15. The van der Waals surface area contributed by atoms with Crippen LogP contribution in [0.2, 0.25) is 19.6 Å². The Bertz CT molecular complexity index is 944. The summed E-state index contributed by atoms with van der Waals surface area (Å²) in [6, 6.07) is 11.7. The summed E-state index contributed by atoms with van der Waals surface area (Å²) in [4.78, 5) is 26.4. The smallest absolute Gasteiger partial charge is 0.171 e. The minimum absolute atomic E-state index is 0.0838. The van der Waals surface area contributed by atoms with Gasteiger partial charge in [0.1, 0.15) is 0 Å². The van der Waals surface area contributed by atoms with Crippen molar-refractivity contribution in [2.75, 3.05) is 0 Å². The highest BCUT2D eigenvalue weighted by molar-refractivity contribution is 6.83. The molecule has 0 aromatic heterocycles. The van der Waals surface area contributed by atoms with Crippen LogP contribution in [0.25, 0.3) is 10.8 Å². The van der Waals surface area contributed by atoms with E-state index in [-0.39, 0.29) is 23.4 Å². The molecule has 2 unspecified atom stereocenters. The van der Waals surface area contributed by atoms with Gasteiger partial charge in [0.05, 0.1) is 19.9 Å². The maximum absolute atomic E-state index is 13.3. The van der Waals surface area contributed by atoms with Crippen molar-refractivity contribution in [1.82, 2.24) is 0 Å². The van der Waals surface area contributed by atoms with E-state index in [0.29, 0.717) is 11.1 Å². The number of fused-ring (bicyclic) bond motifs is 3. The van der Waals surface area contributed by atoms with Gasteiger partial charge in [-0.3, -0.25) is 9.59 Å². The number of Topliss-reactive ketones (excluding diaryl/α,β-unsaturated/α-hetero) is 2. The third-order valence-corrected chi connectivity index (χ3v) is 7.37. The number of carbonyl (C=O) groups excluding carboxylic acids is 2. The molecule has 24 heavy (non-hydrogen) atoms. The molecule has 4 rings (SSSR count). The fourth-order valence-corrected chi connectivity index (χ4v) is 5.78. The summed E-state index contributed by atoms with van der Waals surface area (Å²) >= 11 is 0. The first-order valence-corrected chi connectivity index (χ1v) is 11.9. The second kappa shape index (κ2) is 5.12. The van der Waals surface area contributed by atoms with Gasteiger partial charge in [-0.15, -0.1) is 0 Å². The Hall–Kier alpha value is -2.26. The number of hydrogen-bond donors (Lipinski definition) is 0. The van der Waals surface area contributed by atoms with Crippen LogP contribution < -0.4 is 0 Å².